The van der Waals surface area contributed by atoms with Crippen molar-refractivity contribution in [2.24, 2.45) is 0 Å². The highest BCUT2D eigenvalue weighted by Crippen LogP contribution is 2.22. The zero-order chi connectivity index (χ0) is 20.1. The van der Waals surface area contributed by atoms with Crippen LogP contribution in [-0.2, 0) is 0 Å². The third kappa shape index (κ3) is 5.13. The Morgan fingerprint density at radius 3 is 2.50 bits per heavy atom. The lowest BCUT2D eigenvalue weighted by atomic mass is 10.1. The molecule has 3 rings (SSSR count). The van der Waals surface area contributed by atoms with Gasteiger partial charge in [-0.15, -0.1) is 0 Å². The average molecular weight is 422 g/mol. The van der Waals surface area contributed by atoms with E-state index in [0.717, 1.165) is 31.5 Å². The Morgan fingerprint density at radius 2 is 1.86 bits per heavy atom. The number of nitrogens with zero attached hydrogens (tertiary/aromatic N) is 4. The summed E-state index contributed by atoms with van der Waals surface area (Å²) in [6, 6.07) is 7.63. The molecule has 28 heavy (non-hydrogen) atoms. The molecule has 0 spiro atoms. The van der Waals surface area contributed by atoms with Gasteiger partial charge < -0.3 is 15.1 Å². The van der Waals surface area contributed by atoms with E-state index in [9.17, 15) is 4.79 Å². The van der Waals surface area contributed by atoms with Crippen molar-refractivity contribution in [1.29, 1.82) is 0 Å². The van der Waals surface area contributed by atoms with E-state index >= 15 is 0 Å². The fourth-order valence-electron chi connectivity index (χ4n) is 3.32. The molecule has 0 radical (unpaired) electrons. The average Bonchev–Trinajstić information content (AvgIpc) is 2.70. The van der Waals surface area contributed by atoms with Crippen molar-refractivity contribution in [3.05, 3.63) is 51.8 Å². The fourth-order valence-corrected chi connectivity index (χ4v) is 3.62. The zero-order valence-electron chi connectivity index (χ0n) is 16.2. The number of nitrogens with one attached hydrogen (secondary N) is 1. The first-order chi connectivity index (χ1) is 13.5. The molecule has 150 valence electrons. The molecule has 6 nitrogen and oxygen atoms in total. The maximum absolute atomic E-state index is 12.8. The molecule has 1 amide bonds. The van der Waals surface area contributed by atoms with E-state index in [0.29, 0.717) is 17.5 Å². The van der Waals surface area contributed by atoms with Crippen molar-refractivity contribution in [3.8, 4) is 0 Å². The van der Waals surface area contributed by atoms with Crippen molar-refractivity contribution in [2.45, 2.75) is 25.3 Å². The van der Waals surface area contributed by atoms with Gasteiger partial charge in [-0.25, -0.2) is 9.97 Å². The van der Waals surface area contributed by atoms with Crippen LogP contribution in [0.4, 0.5) is 5.95 Å². The number of carbonyl (C=O) groups excluding carboxylic acids is 1. The minimum absolute atomic E-state index is 0.00314. The van der Waals surface area contributed by atoms with Gasteiger partial charge in [0.1, 0.15) is 0 Å². The molecule has 1 aromatic carbocycles. The lowest BCUT2D eigenvalue weighted by Gasteiger charge is -2.27. The monoisotopic (exact) mass is 421 g/mol. The second-order valence-electron chi connectivity index (χ2n) is 7.16. The molecule has 1 N–H and O–H groups in total. The smallest absolute Gasteiger partial charge is 0.271 e. The van der Waals surface area contributed by atoms with Gasteiger partial charge in [-0.1, -0.05) is 35.3 Å². The molecule has 0 aliphatic carbocycles. The van der Waals surface area contributed by atoms with Crippen molar-refractivity contribution in [1.82, 2.24) is 20.2 Å². The number of piperidine rings is 1. The summed E-state index contributed by atoms with van der Waals surface area (Å²) in [5, 5.41) is 3.90. The van der Waals surface area contributed by atoms with Crippen LogP contribution in [0, 0.1) is 0 Å². The van der Waals surface area contributed by atoms with Crippen molar-refractivity contribution < 1.29 is 4.79 Å². The van der Waals surface area contributed by atoms with Gasteiger partial charge in [0.05, 0.1) is 17.3 Å². The van der Waals surface area contributed by atoms with Crippen molar-refractivity contribution >= 4 is 35.1 Å². The highest BCUT2D eigenvalue weighted by atomic mass is 35.5. The summed E-state index contributed by atoms with van der Waals surface area (Å²) >= 11 is 12.2. The summed E-state index contributed by atoms with van der Waals surface area (Å²) in [6.45, 7) is 2.23. The van der Waals surface area contributed by atoms with Gasteiger partial charge in [-0.2, -0.15) is 0 Å². The number of aromatic nitrogens is 2. The van der Waals surface area contributed by atoms with Crippen LogP contribution in [0.1, 0.15) is 41.4 Å². The predicted octanol–water partition coefficient (Wildman–Crippen LogP) is 3.81. The number of benzene rings is 1. The summed E-state index contributed by atoms with van der Waals surface area (Å²) in [5.74, 6) is 0.266. The summed E-state index contributed by atoms with van der Waals surface area (Å²) in [4.78, 5) is 25.7. The number of amides is 1. The number of carbonyl (C=O) groups is 1. The van der Waals surface area contributed by atoms with E-state index in [2.05, 4.69) is 20.2 Å². The van der Waals surface area contributed by atoms with Gasteiger partial charge in [0.25, 0.3) is 5.91 Å². The Morgan fingerprint density at radius 1 is 1.18 bits per heavy atom. The van der Waals surface area contributed by atoms with E-state index < -0.39 is 0 Å². The summed E-state index contributed by atoms with van der Waals surface area (Å²) < 4.78 is 0. The van der Waals surface area contributed by atoms with Crippen LogP contribution in [0.3, 0.4) is 0 Å². The zero-order valence-corrected chi connectivity index (χ0v) is 17.7. The van der Waals surface area contributed by atoms with Crippen LogP contribution in [-0.4, -0.2) is 54.5 Å². The van der Waals surface area contributed by atoms with E-state index in [4.69, 9.17) is 23.2 Å². The second-order valence-corrected chi connectivity index (χ2v) is 8.00. The molecule has 8 heteroatoms. The van der Waals surface area contributed by atoms with Crippen LogP contribution in [0.15, 0.2) is 30.5 Å². The number of halogens is 2. The third-order valence-corrected chi connectivity index (χ3v) is 5.45. The topological polar surface area (TPSA) is 61.4 Å². The van der Waals surface area contributed by atoms with E-state index in [1.807, 2.05) is 43.3 Å². The quantitative estimate of drug-likeness (QED) is 0.767. The van der Waals surface area contributed by atoms with E-state index in [1.54, 1.807) is 0 Å². The lowest BCUT2D eigenvalue weighted by Crippen LogP contribution is -2.36. The lowest BCUT2D eigenvalue weighted by molar-refractivity contribution is 0.0937. The molecule has 2 aromatic rings. The molecule has 1 aromatic heterocycles. The molecule has 0 bridgehead atoms. The Labute approximate surface area is 175 Å². The first-order valence-corrected chi connectivity index (χ1v) is 10.2. The van der Waals surface area contributed by atoms with Gasteiger partial charge in [0.15, 0.2) is 5.69 Å². The van der Waals surface area contributed by atoms with Gasteiger partial charge in [0, 0.05) is 24.7 Å². The van der Waals surface area contributed by atoms with Crippen LogP contribution in [0.25, 0.3) is 0 Å². The van der Waals surface area contributed by atoms with Crippen LogP contribution in [0.5, 0.6) is 0 Å². The molecule has 1 aliphatic heterocycles. The summed E-state index contributed by atoms with van der Waals surface area (Å²) in [6.07, 6.45) is 4.95. The van der Waals surface area contributed by atoms with Gasteiger partial charge in [-0.05, 0) is 51.1 Å². The largest absolute Gasteiger partial charge is 0.349 e. The first-order valence-electron chi connectivity index (χ1n) is 9.43. The Kier molecular flexibility index (Phi) is 7.10. The number of likely N-dealkylation sites (N-methyl/N-ethyl adjacent to an activating group) is 1. The van der Waals surface area contributed by atoms with E-state index in [1.165, 1.54) is 12.6 Å². The van der Waals surface area contributed by atoms with Gasteiger partial charge in [-0.3, -0.25) is 4.79 Å². The van der Waals surface area contributed by atoms with Crippen LogP contribution < -0.4 is 10.2 Å². The van der Waals surface area contributed by atoms with Gasteiger partial charge in [0.2, 0.25) is 5.95 Å². The Hall–Kier alpha value is -1.89. The van der Waals surface area contributed by atoms with Crippen LogP contribution in [0.2, 0.25) is 10.0 Å². The predicted molar refractivity (Wildman–Crippen MR) is 113 cm³/mol. The normalized spacial score (nSPS) is 15.5. The standard InChI is InChI=1S/C20H25Cl2N5O/c1-26(2)17(14-6-8-15(21)9-7-14)13-23-19(28)18-16(22)12-24-20(25-18)27-10-4-3-5-11-27/h6-9,12,17H,3-5,10-11,13H2,1-2H3,(H,23,28). The van der Waals surface area contributed by atoms with Crippen LogP contribution >= 0.6 is 23.2 Å². The number of rotatable bonds is 6. The van der Waals surface area contributed by atoms with Crippen molar-refractivity contribution in [3.63, 3.8) is 0 Å². The third-order valence-electron chi connectivity index (χ3n) is 4.92. The molecule has 1 atom stereocenters. The second kappa shape index (κ2) is 9.54. The van der Waals surface area contributed by atoms with Crippen molar-refractivity contribution in [2.75, 3.05) is 38.6 Å². The Balaban J connectivity index is 1.71. The summed E-state index contributed by atoms with van der Waals surface area (Å²) in [7, 11) is 3.94. The maximum atomic E-state index is 12.8. The minimum atomic E-state index is -0.300. The highest BCUT2D eigenvalue weighted by molar-refractivity contribution is 6.33. The summed E-state index contributed by atoms with van der Waals surface area (Å²) in [5.41, 5.74) is 1.28. The molecule has 0 saturated carbocycles. The number of hydrogen-bond acceptors (Lipinski definition) is 5. The SMILES string of the molecule is CN(C)C(CNC(=O)c1nc(N2CCCCC2)ncc1Cl)c1ccc(Cl)cc1. The number of hydrogen-bond donors (Lipinski definition) is 1. The molecular formula is C20H25Cl2N5O. The van der Waals surface area contributed by atoms with Gasteiger partial charge >= 0.3 is 0 Å². The molecule has 1 fully saturated rings. The Bertz CT molecular complexity index is 807. The highest BCUT2D eigenvalue weighted by Gasteiger charge is 2.21. The minimum Gasteiger partial charge on any atom is -0.349 e. The molecular weight excluding hydrogens is 397 g/mol. The maximum Gasteiger partial charge on any atom is 0.271 e. The molecule has 1 aliphatic rings. The first kappa shape index (κ1) is 20.8. The fraction of sp³-hybridized carbons (Fsp3) is 0.450. The molecule has 1 unspecified atom stereocenters. The molecule has 1 saturated heterocycles. The number of anilines is 1. The molecule has 2 heterocycles. The van der Waals surface area contributed by atoms with E-state index in [-0.39, 0.29) is 22.7 Å².